The third-order valence-corrected chi connectivity index (χ3v) is 17.5. The van der Waals surface area contributed by atoms with E-state index in [1.807, 2.05) is 0 Å². The van der Waals surface area contributed by atoms with Gasteiger partial charge in [0.15, 0.2) is 12.2 Å². The predicted octanol–water partition coefficient (Wildman–Crippen LogP) is 20.9. The van der Waals surface area contributed by atoms with Crippen molar-refractivity contribution in [3.63, 3.8) is 0 Å². The van der Waals surface area contributed by atoms with E-state index in [9.17, 15) is 43.2 Å². The van der Waals surface area contributed by atoms with Gasteiger partial charge in [0.2, 0.25) is 0 Å². The molecule has 0 radical (unpaired) electrons. The van der Waals surface area contributed by atoms with Crippen LogP contribution in [0.3, 0.4) is 0 Å². The molecule has 17 nitrogen and oxygen atoms in total. The van der Waals surface area contributed by atoms with Crippen LogP contribution in [0, 0.1) is 0 Å². The number of aliphatic hydroxyl groups excluding tert-OH is 1. The number of ether oxygens (including phenoxy) is 4. The number of hydrogen-bond acceptors (Lipinski definition) is 15. The topological polar surface area (TPSA) is 237 Å². The monoisotopic (exact) mass is 1370 g/mol. The lowest BCUT2D eigenvalue weighted by Gasteiger charge is -2.21. The molecule has 0 aromatic carbocycles. The molecule has 0 aromatic heterocycles. The summed E-state index contributed by atoms with van der Waals surface area (Å²) < 4.78 is 68.3. The summed E-state index contributed by atoms with van der Waals surface area (Å²) in [5.74, 6) is -2.20. The number of phosphoric ester groups is 2. The van der Waals surface area contributed by atoms with Gasteiger partial charge in [0.1, 0.15) is 19.3 Å². The molecular weight excluding hydrogens is 1230 g/mol. The molecule has 0 aliphatic heterocycles. The molecule has 0 bridgehead atoms. The minimum absolute atomic E-state index is 0.0827. The van der Waals surface area contributed by atoms with Crippen molar-refractivity contribution >= 4 is 39.5 Å². The molecule has 3 N–H and O–H groups in total. The fourth-order valence-corrected chi connectivity index (χ4v) is 11.5. The van der Waals surface area contributed by atoms with Gasteiger partial charge in [-0.05, 0) is 128 Å². The van der Waals surface area contributed by atoms with Gasteiger partial charge in [-0.1, -0.05) is 242 Å². The third kappa shape index (κ3) is 67.1. The first-order chi connectivity index (χ1) is 45.7. The third-order valence-electron chi connectivity index (χ3n) is 15.6. The summed E-state index contributed by atoms with van der Waals surface area (Å²) in [4.78, 5) is 72.7. The average Bonchev–Trinajstić information content (AvgIpc) is 1.55. The standard InChI is InChI=1S/C75H134O17P2/c1-5-9-13-17-21-25-29-32-34-37-40-43-47-51-55-59-72(77)85-65-70(91-74(79)61-57-53-49-45-39-28-24-20-16-12-8-4)67-89-93(81,82)87-63-69(76)64-88-94(83,84)90-68-71(92-75(80)62-58-54-50-46-42-36-31-27-23-19-15-11-7-3)66-86-73(78)60-56-52-48-44-41-38-35-33-30-26-22-18-14-10-6-2/h10,14,20,22,24,26-27,31-35,69-71,76H,5-9,11-13,15-19,21,23,25,28-30,36-68H2,1-4H3,(H,81,82)(H,83,84)/b14-10-,24-20-,26-22-,31-27-,34-32-,35-33-. The Hall–Kier alpha value is -3.50. The van der Waals surface area contributed by atoms with E-state index in [1.165, 1.54) is 77.0 Å². The van der Waals surface area contributed by atoms with E-state index in [4.69, 9.17) is 37.0 Å². The van der Waals surface area contributed by atoms with Crippen molar-refractivity contribution in [3.8, 4) is 0 Å². The largest absolute Gasteiger partial charge is 0.472 e. The molecule has 0 spiro atoms. The molecule has 0 aliphatic carbocycles. The normalized spacial score (nSPS) is 14.4. The molecule has 0 rings (SSSR count). The summed E-state index contributed by atoms with van der Waals surface area (Å²) in [5.41, 5.74) is 0. The summed E-state index contributed by atoms with van der Waals surface area (Å²) in [6.45, 7) is 4.68. The van der Waals surface area contributed by atoms with Gasteiger partial charge in [-0.15, -0.1) is 0 Å². The first kappa shape index (κ1) is 90.5. The Morgan fingerprint density at radius 2 is 0.564 bits per heavy atom. The number of aliphatic hydroxyl groups is 1. The van der Waals surface area contributed by atoms with E-state index in [1.54, 1.807) is 0 Å². The Bertz CT molecular complexity index is 2070. The second kappa shape index (κ2) is 68.0. The van der Waals surface area contributed by atoms with Gasteiger partial charge >= 0.3 is 39.5 Å². The number of carbonyl (C=O) groups excluding carboxylic acids is 4. The van der Waals surface area contributed by atoms with E-state index in [-0.39, 0.29) is 25.7 Å². The van der Waals surface area contributed by atoms with Crippen molar-refractivity contribution in [2.45, 2.75) is 341 Å². The zero-order valence-corrected chi connectivity index (χ0v) is 61.2. The fraction of sp³-hybridized carbons (Fsp3) is 0.787. The van der Waals surface area contributed by atoms with Gasteiger partial charge in [-0.2, -0.15) is 0 Å². The Morgan fingerprint density at radius 1 is 0.309 bits per heavy atom. The highest BCUT2D eigenvalue weighted by atomic mass is 31.2. The molecule has 0 aromatic rings. The molecule has 94 heavy (non-hydrogen) atoms. The highest BCUT2D eigenvalue weighted by Gasteiger charge is 2.30. The van der Waals surface area contributed by atoms with Crippen LogP contribution in [0.1, 0.15) is 323 Å². The van der Waals surface area contributed by atoms with Gasteiger partial charge in [-0.3, -0.25) is 37.3 Å². The van der Waals surface area contributed by atoms with E-state index in [2.05, 4.69) is 101 Å². The van der Waals surface area contributed by atoms with E-state index >= 15 is 0 Å². The highest BCUT2D eigenvalue weighted by Crippen LogP contribution is 2.45. The van der Waals surface area contributed by atoms with Crippen LogP contribution in [0.2, 0.25) is 0 Å². The quantitative estimate of drug-likeness (QED) is 0.0169. The van der Waals surface area contributed by atoms with Gasteiger partial charge in [0.05, 0.1) is 26.4 Å². The number of carbonyl (C=O) groups is 4. The van der Waals surface area contributed by atoms with Crippen molar-refractivity contribution in [2.75, 3.05) is 39.6 Å². The first-order valence-corrected chi connectivity index (χ1v) is 40.2. The van der Waals surface area contributed by atoms with E-state index in [0.717, 1.165) is 167 Å². The molecule has 5 unspecified atom stereocenters. The Labute approximate surface area is 571 Å². The summed E-state index contributed by atoms with van der Waals surface area (Å²) in [6.07, 6.45) is 66.2. The lowest BCUT2D eigenvalue weighted by Crippen LogP contribution is -2.30. The zero-order chi connectivity index (χ0) is 69.0. The highest BCUT2D eigenvalue weighted by molar-refractivity contribution is 7.47. The minimum Gasteiger partial charge on any atom is -0.462 e. The zero-order valence-electron chi connectivity index (χ0n) is 59.4. The summed E-state index contributed by atoms with van der Waals surface area (Å²) in [6, 6.07) is 0. The Morgan fingerprint density at radius 3 is 0.904 bits per heavy atom. The molecule has 0 fully saturated rings. The molecule has 0 aliphatic rings. The second-order valence-electron chi connectivity index (χ2n) is 24.8. The molecule has 5 atom stereocenters. The predicted molar refractivity (Wildman–Crippen MR) is 381 cm³/mol. The number of allylic oxidation sites excluding steroid dienone is 12. The van der Waals surface area contributed by atoms with Crippen molar-refractivity contribution in [3.05, 3.63) is 72.9 Å². The van der Waals surface area contributed by atoms with Crippen molar-refractivity contribution < 1.29 is 80.2 Å². The Kier molecular flexibility index (Phi) is 65.5. The van der Waals surface area contributed by atoms with E-state index in [0.29, 0.717) is 25.7 Å². The van der Waals surface area contributed by atoms with Crippen molar-refractivity contribution in [1.82, 2.24) is 0 Å². The van der Waals surface area contributed by atoms with Crippen LogP contribution in [0.15, 0.2) is 72.9 Å². The summed E-state index contributed by atoms with van der Waals surface area (Å²) >= 11 is 0. The van der Waals surface area contributed by atoms with Crippen LogP contribution in [-0.2, 0) is 65.4 Å². The smallest absolute Gasteiger partial charge is 0.462 e. The fourth-order valence-electron chi connectivity index (χ4n) is 9.91. The number of phosphoric acid groups is 2. The number of esters is 4. The van der Waals surface area contributed by atoms with Crippen molar-refractivity contribution in [1.29, 1.82) is 0 Å². The number of hydrogen-bond donors (Lipinski definition) is 3. The lowest BCUT2D eigenvalue weighted by molar-refractivity contribution is -0.161. The summed E-state index contributed by atoms with van der Waals surface area (Å²) in [7, 11) is -9.94. The molecule has 546 valence electrons. The van der Waals surface area contributed by atoms with Crippen molar-refractivity contribution in [2.24, 2.45) is 0 Å². The number of unbranched alkanes of at least 4 members (excludes halogenated alkanes) is 32. The maximum Gasteiger partial charge on any atom is 0.472 e. The van der Waals surface area contributed by atoms with Crippen LogP contribution < -0.4 is 0 Å². The lowest BCUT2D eigenvalue weighted by atomic mass is 10.1. The van der Waals surface area contributed by atoms with Crippen LogP contribution in [-0.4, -0.2) is 96.7 Å². The second-order valence-corrected chi connectivity index (χ2v) is 27.8. The average molecular weight is 1370 g/mol. The van der Waals surface area contributed by atoms with Gasteiger partial charge < -0.3 is 33.8 Å². The van der Waals surface area contributed by atoms with Crippen LogP contribution in [0.5, 0.6) is 0 Å². The molecule has 0 heterocycles. The SMILES string of the molecule is CC/C=C\C/C=C\C/C=C\CCCCCCCC(=O)OCC(COP(=O)(O)OCC(O)COP(=O)(O)OCC(COC(=O)CCCCCCC/C=C\CCCCCCCC)OC(=O)CCCCCCC/C=C\CCCC)OC(=O)CCCCCCC/C=C\CCCCCC. The molecule has 0 saturated carbocycles. The van der Waals surface area contributed by atoms with Crippen LogP contribution in [0.25, 0.3) is 0 Å². The molecule has 0 saturated heterocycles. The van der Waals surface area contributed by atoms with Gasteiger partial charge in [0, 0.05) is 25.7 Å². The maximum absolute atomic E-state index is 13.0. The number of rotatable bonds is 70. The van der Waals surface area contributed by atoms with Crippen LogP contribution in [0.4, 0.5) is 0 Å². The molecular formula is C75H134O17P2. The Balaban J connectivity index is 5.32. The van der Waals surface area contributed by atoms with Crippen LogP contribution >= 0.6 is 15.6 Å². The van der Waals surface area contributed by atoms with E-state index < -0.39 is 97.5 Å². The summed E-state index contributed by atoms with van der Waals surface area (Å²) in [5, 5.41) is 10.6. The minimum atomic E-state index is -4.97. The van der Waals surface area contributed by atoms with Gasteiger partial charge in [-0.25, -0.2) is 9.13 Å². The van der Waals surface area contributed by atoms with Gasteiger partial charge in [0.25, 0.3) is 0 Å². The first-order valence-electron chi connectivity index (χ1n) is 37.2. The maximum atomic E-state index is 13.0. The molecule has 0 amide bonds. The molecule has 19 heteroatoms.